The molecule has 5 nitrogen and oxygen atoms in total. The Bertz CT molecular complexity index is 559. The highest BCUT2D eigenvalue weighted by molar-refractivity contribution is 9.10. The van der Waals surface area contributed by atoms with E-state index in [0.717, 1.165) is 4.88 Å². The third kappa shape index (κ3) is 2.85. The summed E-state index contributed by atoms with van der Waals surface area (Å²) >= 11 is 4.78. The molecule has 2 heterocycles. The molecule has 0 amide bonds. The third-order valence-corrected chi connectivity index (χ3v) is 3.84. The lowest BCUT2D eigenvalue weighted by molar-refractivity contribution is -0.384. The molecule has 0 bridgehead atoms. The molecule has 1 unspecified atom stereocenters. The van der Waals surface area contributed by atoms with Gasteiger partial charge in [-0.15, -0.1) is 11.3 Å². The zero-order valence-electron chi connectivity index (χ0n) is 9.46. The summed E-state index contributed by atoms with van der Waals surface area (Å²) in [6, 6.07) is 5.35. The van der Waals surface area contributed by atoms with Gasteiger partial charge in [0.1, 0.15) is 0 Å². The number of hydrogen-bond donors (Lipinski definition) is 1. The van der Waals surface area contributed by atoms with Crippen LogP contribution in [-0.4, -0.2) is 9.91 Å². The fraction of sp³-hybridized carbons (Fsp3) is 0.182. The van der Waals surface area contributed by atoms with Crippen molar-refractivity contribution in [2.75, 3.05) is 5.32 Å². The van der Waals surface area contributed by atoms with Crippen LogP contribution in [0.5, 0.6) is 0 Å². The third-order valence-electron chi connectivity index (χ3n) is 2.35. The summed E-state index contributed by atoms with van der Waals surface area (Å²) < 4.78 is 0.587. The standard InChI is InChI=1S/C11H10BrN3O2S/c1-7(10-3-2-4-18-10)14-11-9(15(16)17)5-8(12)6-13-11/h2-7H,1H3,(H,13,14). The molecule has 0 spiro atoms. The number of thiophene rings is 1. The van der Waals surface area contributed by atoms with Crippen LogP contribution in [0.25, 0.3) is 0 Å². The smallest absolute Gasteiger partial charge is 0.312 e. The van der Waals surface area contributed by atoms with Crippen molar-refractivity contribution in [1.82, 2.24) is 4.98 Å². The fourth-order valence-electron chi connectivity index (χ4n) is 1.49. The van der Waals surface area contributed by atoms with Crippen molar-refractivity contribution in [2.24, 2.45) is 0 Å². The molecule has 1 N–H and O–H groups in total. The first-order valence-electron chi connectivity index (χ1n) is 5.18. The summed E-state index contributed by atoms with van der Waals surface area (Å²) in [4.78, 5) is 15.7. The van der Waals surface area contributed by atoms with Gasteiger partial charge in [-0.05, 0) is 34.3 Å². The van der Waals surface area contributed by atoms with E-state index in [1.54, 1.807) is 11.3 Å². The summed E-state index contributed by atoms with van der Waals surface area (Å²) in [6.45, 7) is 1.94. The highest BCUT2D eigenvalue weighted by atomic mass is 79.9. The predicted molar refractivity (Wildman–Crippen MR) is 74.9 cm³/mol. The van der Waals surface area contributed by atoms with Crippen LogP contribution in [0, 0.1) is 10.1 Å². The van der Waals surface area contributed by atoms with E-state index in [1.165, 1.54) is 12.3 Å². The Hall–Kier alpha value is -1.47. The lowest BCUT2D eigenvalue weighted by Crippen LogP contribution is -2.08. The van der Waals surface area contributed by atoms with Gasteiger partial charge < -0.3 is 5.32 Å². The summed E-state index contributed by atoms with van der Waals surface area (Å²) in [5, 5.41) is 16.0. The van der Waals surface area contributed by atoms with E-state index in [-0.39, 0.29) is 17.5 Å². The van der Waals surface area contributed by atoms with Gasteiger partial charge in [-0.3, -0.25) is 10.1 Å². The number of nitrogens with one attached hydrogen (secondary N) is 1. The van der Waals surface area contributed by atoms with Crippen LogP contribution in [0.2, 0.25) is 0 Å². The van der Waals surface area contributed by atoms with Crippen LogP contribution in [0.15, 0.2) is 34.2 Å². The van der Waals surface area contributed by atoms with E-state index >= 15 is 0 Å². The second-order valence-electron chi connectivity index (χ2n) is 3.66. The zero-order valence-corrected chi connectivity index (χ0v) is 11.9. The van der Waals surface area contributed by atoms with Crippen LogP contribution in [0.1, 0.15) is 17.8 Å². The molecule has 2 aromatic rings. The minimum absolute atomic E-state index is 0.0163. The van der Waals surface area contributed by atoms with E-state index in [9.17, 15) is 10.1 Å². The van der Waals surface area contributed by atoms with E-state index in [1.807, 2.05) is 24.4 Å². The van der Waals surface area contributed by atoms with Crippen LogP contribution >= 0.6 is 27.3 Å². The van der Waals surface area contributed by atoms with Crippen molar-refractivity contribution in [3.63, 3.8) is 0 Å². The van der Waals surface area contributed by atoms with Crippen LogP contribution in [0.3, 0.4) is 0 Å². The molecule has 2 aromatic heterocycles. The number of halogens is 1. The lowest BCUT2D eigenvalue weighted by Gasteiger charge is -2.12. The number of hydrogen-bond acceptors (Lipinski definition) is 5. The molecule has 0 aromatic carbocycles. The monoisotopic (exact) mass is 327 g/mol. The van der Waals surface area contributed by atoms with Gasteiger partial charge in [-0.2, -0.15) is 0 Å². The van der Waals surface area contributed by atoms with E-state index in [0.29, 0.717) is 4.47 Å². The molecule has 0 fully saturated rings. The summed E-state index contributed by atoms with van der Waals surface area (Å²) in [6.07, 6.45) is 1.54. The second kappa shape index (κ2) is 5.45. The highest BCUT2D eigenvalue weighted by Gasteiger charge is 2.18. The molecule has 18 heavy (non-hydrogen) atoms. The first-order valence-corrected chi connectivity index (χ1v) is 6.85. The quantitative estimate of drug-likeness (QED) is 0.681. The predicted octanol–water partition coefficient (Wildman–Crippen LogP) is 3.99. The molecule has 0 aliphatic heterocycles. The molecule has 0 saturated carbocycles. The van der Waals surface area contributed by atoms with Crippen molar-refractivity contribution in [3.05, 3.63) is 49.2 Å². The Morgan fingerprint density at radius 1 is 1.61 bits per heavy atom. The number of nitro groups is 1. The molecule has 0 aliphatic carbocycles. The summed E-state index contributed by atoms with van der Waals surface area (Å²) in [5.41, 5.74) is -0.0345. The van der Waals surface area contributed by atoms with E-state index < -0.39 is 4.92 Å². The number of rotatable bonds is 4. The molecular weight excluding hydrogens is 318 g/mol. The second-order valence-corrected chi connectivity index (χ2v) is 5.55. The van der Waals surface area contributed by atoms with Gasteiger partial charge in [0.15, 0.2) is 0 Å². The Kier molecular flexibility index (Phi) is 3.93. The molecule has 0 radical (unpaired) electrons. The van der Waals surface area contributed by atoms with Crippen LogP contribution < -0.4 is 5.32 Å². The minimum Gasteiger partial charge on any atom is -0.357 e. The number of pyridine rings is 1. The normalized spacial score (nSPS) is 12.1. The average molecular weight is 328 g/mol. The van der Waals surface area contributed by atoms with Crippen molar-refractivity contribution in [3.8, 4) is 0 Å². The maximum Gasteiger partial charge on any atom is 0.312 e. The molecule has 0 aliphatic rings. The van der Waals surface area contributed by atoms with Crippen molar-refractivity contribution >= 4 is 38.8 Å². The van der Waals surface area contributed by atoms with Gasteiger partial charge in [0, 0.05) is 21.6 Å². The Balaban J connectivity index is 2.26. The molecule has 1 atom stereocenters. The van der Waals surface area contributed by atoms with Gasteiger partial charge in [-0.1, -0.05) is 6.07 Å². The van der Waals surface area contributed by atoms with Gasteiger partial charge >= 0.3 is 5.69 Å². The molecular formula is C11H10BrN3O2S. The van der Waals surface area contributed by atoms with Crippen molar-refractivity contribution in [2.45, 2.75) is 13.0 Å². The molecule has 7 heteroatoms. The maximum atomic E-state index is 10.9. The van der Waals surface area contributed by atoms with Crippen molar-refractivity contribution in [1.29, 1.82) is 0 Å². The Morgan fingerprint density at radius 3 is 3.00 bits per heavy atom. The largest absolute Gasteiger partial charge is 0.357 e. The number of aromatic nitrogens is 1. The van der Waals surface area contributed by atoms with Crippen LogP contribution in [-0.2, 0) is 0 Å². The fourth-order valence-corrected chi connectivity index (χ4v) is 2.55. The first kappa shape index (κ1) is 13.0. The average Bonchev–Trinajstić information content (AvgIpc) is 2.84. The van der Waals surface area contributed by atoms with Crippen LogP contribution in [0.4, 0.5) is 11.5 Å². The summed E-state index contributed by atoms with van der Waals surface area (Å²) in [7, 11) is 0. The molecule has 94 valence electrons. The number of anilines is 1. The molecule has 2 rings (SSSR count). The van der Waals surface area contributed by atoms with Gasteiger partial charge in [0.2, 0.25) is 5.82 Å². The Morgan fingerprint density at radius 2 is 2.39 bits per heavy atom. The first-order chi connectivity index (χ1) is 8.58. The topological polar surface area (TPSA) is 68.1 Å². The number of nitrogens with zero attached hydrogens (tertiary/aromatic N) is 2. The van der Waals surface area contributed by atoms with Gasteiger partial charge in [-0.25, -0.2) is 4.98 Å². The van der Waals surface area contributed by atoms with E-state index in [2.05, 4.69) is 26.2 Å². The maximum absolute atomic E-state index is 10.9. The van der Waals surface area contributed by atoms with Gasteiger partial charge in [0.25, 0.3) is 0 Å². The zero-order chi connectivity index (χ0) is 13.1. The summed E-state index contributed by atoms with van der Waals surface area (Å²) in [5.74, 6) is 0.282. The molecule has 0 saturated heterocycles. The highest BCUT2D eigenvalue weighted by Crippen LogP contribution is 2.29. The Labute approximate surface area is 116 Å². The van der Waals surface area contributed by atoms with E-state index in [4.69, 9.17) is 0 Å². The van der Waals surface area contributed by atoms with Crippen molar-refractivity contribution < 1.29 is 4.92 Å². The SMILES string of the molecule is CC(Nc1ncc(Br)cc1[N+](=O)[O-])c1cccs1. The lowest BCUT2D eigenvalue weighted by atomic mass is 10.2. The van der Waals surface area contributed by atoms with Gasteiger partial charge in [0.05, 0.1) is 11.0 Å². The minimum atomic E-state index is -0.443.